The van der Waals surface area contributed by atoms with Crippen LogP contribution >= 0.6 is 23.6 Å². The number of thiazole rings is 1. The molecule has 9 heteroatoms. The van der Waals surface area contributed by atoms with Gasteiger partial charge in [0.1, 0.15) is 5.75 Å². The van der Waals surface area contributed by atoms with E-state index in [2.05, 4.69) is 4.99 Å². The molecule has 1 aromatic carbocycles. The van der Waals surface area contributed by atoms with Crippen LogP contribution in [0.15, 0.2) is 28.8 Å². The highest BCUT2D eigenvalue weighted by Gasteiger charge is 2.16. The Kier molecular flexibility index (Phi) is 5.01. The molecule has 0 bridgehead atoms. The van der Waals surface area contributed by atoms with Gasteiger partial charge in [-0.1, -0.05) is 0 Å². The van der Waals surface area contributed by atoms with Crippen LogP contribution in [0.3, 0.4) is 0 Å². The van der Waals surface area contributed by atoms with Crippen molar-refractivity contribution in [1.82, 2.24) is 4.57 Å². The molecule has 1 aromatic heterocycles. The summed E-state index contributed by atoms with van der Waals surface area (Å²) in [6.07, 6.45) is 3.02. The number of aromatic nitrogens is 1. The van der Waals surface area contributed by atoms with E-state index in [4.69, 9.17) is 22.1 Å². The molecule has 0 unspecified atom stereocenters. The molecular formula is C17H14N2O5S2. The second kappa shape index (κ2) is 7.22. The van der Waals surface area contributed by atoms with E-state index < -0.39 is 11.9 Å². The third-order valence-electron chi connectivity index (χ3n) is 3.75. The summed E-state index contributed by atoms with van der Waals surface area (Å²) in [5.74, 6) is -0.983. The number of benzene rings is 1. The second-order valence-electron chi connectivity index (χ2n) is 5.44. The number of ether oxygens (including phenoxy) is 1. The van der Waals surface area contributed by atoms with E-state index in [-0.39, 0.29) is 18.8 Å². The monoisotopic (exact) mass is 390 g/mol. The minimum absolute atomic E-state index is 0.0599. The summed E-state index contributed by atoms with van der Waals surface area (Å²) in [7, 11) is 1.53. The molecule has 0 aliphatic carbocycles. The fourth-order valence-corrected chi connectivity index (χ4v) is 3.74. The predicted octanol–water partition coefficient (Wildman–Crippen LogP) is 1.49. The normalized spacial score (nSPS) is 14.5. The first-order valence-corrected chi connectivity index (χ1v) is 8.76. The Morgan fingerprint density at radius 1 is 1.46 bits per heavy atom. The summed E-state index contributed by atoms with van der Waals surface area (Å²) in [6.45, 7) is 0.0599. The molecule has 134 valence electrons. The number of methoxy groups -OCH3 is 1. The Balaban J connectivity index is 2.01. The van der Waals surface area contributed by atoms with Crippen LogP contribution in [0, 0.1) is 3.95 Å². The summed E-state index contributed by atoms with van der Waals surface area (Å²) < 4.78 is 6.79. The maximum Gasteiger partial charge on any atom is 0.305 e. The number of aliphatic carboxylic acids is 1. The van der Waals surface area contributed by atoms with Crippen LogP contribution in [0.25, 0.3) is 12.2 Å². The number of carbonyl (C=O) groups is 2. The number of carbonyl (C=O) groups excluding carboxylic acids is 1. The molecule has 0 saturated carbocycles. The van der Waals surface area contributed by atoms with Gasteiger partial charge in [0.15, 0.2) is 3.95 Å². The Labute approximate surface area is 156 Å². The Bertz CT molecular complexity index is 1110. The first-order chi connectivity index (χ1) is 12.4. The molecule has 26 heavy (non-hydrogen) atoms. The molecule has 1 amide bonds. The topological polar surface area (TPSA) is 101 Å². The molecule has 0 radical (unpaired) electrons. The van der Waals surface area contributed by atoms with E-state index in [1.165, 1.54) is 17.8 Å². The summed E-state index contributed by atoms with van der Waals surface area (Å²) in [6, 6.07) is 5.23. The average molecular weight is 390 g/mol. The van der Waals surface area contributed by atoms with E-state index in [0.717, 1.165) is 16.6 Å². The SMILES string of the molecule is COc1ccc2c(c1)=NC(=O)/C(=C/c1sc(=S)n(CCC(=O)O)c1O)C=2. The van der Waals surface area contributed by atoms with Gasteiger partial charge >= 0.3 is 5.97 Å². The number of aromatic hydroxyl groups is 1. The first kappa shape index (κ1) is 18.0. The Hall–Kier alpha value is -2.78. The van der Waals surface area contributed by atoms with Gasteiger partial charge in [0.05, 0.1) is 23.8 Å². The lowest BCUT2D eigenvalue weighted by molar-refractivity contribution is -0.137. The number of hydrogen-bond donors (Lipinski definition) is 2. The molecule has 2 heterocycles. The summed E-state index contributed by atoms with van der Waals surface area (Å²) in [5.41, 5.74) is 0.305. The van der Waals surface area contributed by atoms with Gasteiger partial charge in [-0.25, -0.2) is 4.99 Å². The van der Waals surface area contributed by atoms with Crippen LogP contribution in [-0.4, -0.2) is 33.8 Å². The predicted molar refractivity (Wildman–Crippen MR) is 98.3 cm³/mol. The molecule has 1 aliphatic rings. The Morgan fingerprint density at radius 3 is 2.92 bits per heavy atom. The molecule has 2 N–H and O–H groups in total. The van der Waals surface area contributed by atoms with Crippen molar-refractivity contribution < 1.29 is 24.5 Å². The van der Waals surface area contributed by atoms with E-state index >= 15 is 0 Å². The van der Waals surface area contributed by atoms with Crippen molar-refractivity contribution in [2.75, 3.05) is 7.11 Å². The summed E-state index contributed by atoms with van der Waals surface area (Å²) in [5, 5.41) is 20.4. The number of carboxylic acids is 1. The van der Waals surface area contributed by atoms with Crippen molar-refractivity contribution in [1.29, 1.82) is 0 Å². The lowest BCUT2D eigenvalue weighted by Crippen LogP contribution is -2.30. The van der Waals surface area contributed by atoms with Gasteiger partial charge in [-0.3, -0.25) is 14.2 Å². The summed E-state index contributed by atoms with van der Waals surface area (Å²) >= 11 is 6.27. The molecule has 1 aliphatic heterocycles. The number of hydrogen-bond acceptors (Lipinski definition) is 6. The number of carboxylic acid groups (broad SMARTS) is 1. The highest BCUT2D eigenvalue weighted by Crippen LogP contribution is 2.29. The van der Waals surface area contributed by atoms with Gasteiger partial charge in [0, 0.05) is 23.4 Å². The molecule has 7 nitrogen and oxygen atoms in total. The molecule has 0 atom stereocenters. The average Bonchev–Trinajstić information content (AvgIpc) is 2.86. The number of rotatable bonds is 5. The zero-order valence-electron chi connectivity index (χ0n) is 13.6. The number of nitrogens with zero attached hydrogens (tertiary/aromatic N) is 2. The van der Waals surface area contributed by atoms with Crippen LogP contribution in [0.4, 0.5) is 0 Å². The quantitative estimate of drug-likeness (QED) is 0.593. The van der Waals surface area contributed by atoms with Crippen molar-refractivity contribution >= 4 is 47.6 Å². The highest BCUT2D eigenvalue weighted by molar-refractivity contribution is 7.73. The number of fused-ring (bicyclic) bond motifs is 1. The van der Waals surface area contributed by atoms with Crippen molar-refractivity contribution in [2.24, 2.45) is 4.99 Å². The standard InChI is InChI=1S/C17H14N2O5S2/c1-24-11-3-2-9-6-10(15(22)18-12(9)8-11)7-13-16(23)19(17(25)26-13)5-4-14(20)21/h2-3,6-8,23H,4-5H2,1H3,(H,20,21)/b10-7+. The van der Waals surface area contributed by atoms with Crippen LogP contribution < -0.4 is 15.3 Å². The van der Waals surface area contributed by atoms with Crippen molar-refractivity contribution in [3.05, 3.63) is 43.2 Å². The van der Waals surface area contributed by atoms with Gasteiger partial charge in [-0.2, -0.15) is 0 Å². The largest absolute Gasteiger partial charge is 0.497 e. The molecule has 3 rings (SSSR count). The Morgan fingerprint density at radius 2 is 2.23 bits per heavy atom. The minimum Gasteiger partial charge on any atom is -0.497 e. The molecule has 0 fully saturated rings. The fourth-order valence-electron chi connectivity index (χ4n) is 2.43. The van der Waals surface area contributed by atoms with E-state index in [0.29, 0.717) is 25.5 Å². The molecule has 2 aromatic rings. The minimum atomic E-state index is -0.987. The third-order valence-corrected chi connectivity index (χ3v) is 5.13. The fraction of sp³-hybridized carbons (Fsp3) is 0.176. The van der Waals surface area contributed by atoms with Crippen LogP contribution in [0.1, 0.15) is 11.3 Å². The van der Waals surface area contributed by atoms with Crippen LogP contribution in [0.2, 0.25) is 0 Å². The molecule has 0 spiro atoms. The zero-order chi connectivity index (χ0) is 18.8. The van der Waals surface area contributed by atoms with Gasteiger partial charge in [-0.05, 0) is 36.5 Å². The maximum atomic E-state index is 12.3. The van der Waals surface area contributed by atoms with Crippen molar-refractivity contribution in [3.8, 4) is 11.6 Å². The van der Waals surface area contributed by atoms with E-state index in [1.54, 1.807) is 24.3 Å². The van der Waals surface area contributed by atoms with Gasteiger partial charge in [0.2, 0.25) is 5.88 Å². The maximum absolute atomic E-state index is 12.3. The molecular weight excluding hydrogens is 376 g/mol. The van der Waals surface area contributed by atoms with E-state index in [1.807, 2.05) is 0 Å². The second-order valence-corrected chi connectivity index (χ2v) is 7.11. The smallest absolute Gasteiger partial charge is 0.305 e. The van der Waals surface area contributed by atoms with Gasteiger partial charge in [0.25, 0.3) is 5.91 Å². The van der Waals surface area contributed by atoms with Crippen LogP contribution in [-0.2, 0) is 16.1 Å². The third kappa shape index (κ3) is 3.58. The lowest BCUT2D eigenvalue weighted by atomic mass is 10.1. The van der Waals surface area contributed by atoms with Crippen molar-refractivity contribution in [3.63, 3.8) is 0 Å². The van der Waals surface area contributed by atoms with Crippen LogP contribution in [0.5, 0.6) is 11.6 Å². The van der Waals surface area contributed by atoms with Gasteiger partial charge in [-0.15, -0.1) is 11.3 Å². The first-order valence-electron chi connectivity index (χ1n) is 7.54. The lowest BCUT2D eigenvalue weighted by Gasteiger charge is -2.05. The molecule has 0 saturated heterocycles. The summed E-state index contributed by atoms with van der Waals surface area (Å²) in [4.78, 5) is 27.4. The van der Waals surface area contributed by atoms with Crippen molar-refractivity contribution in [2.45, 2.75) is 13.0 Å². The van der Waals surface area contributed by atoms with E-state index in [9.17, 15) is 14.7 Å². The highest BCUT2D eigenvalue weighted by atomic mass is 32.1. The zero-order valence-corrected chi connectivity index (χ0v) is 15.3. The van der Waals surface area contributed by atoms with Gasteiger partial charge < -0.3 is 14.9 Å². The number of amides is 1.